The SMILES string of the molecule is CC(Sc1ccc2c(c1)OCCO2)c1cccc(N)c1. The lowest BCUT2D eigenvalue weighted by Gasteiger charge is -2.19. The van der Waals surface area contributed by atoms with Crippen LogP contribution in [0.2, 0.25) is 0 Å². The molecular weight excluding hydrogens is 270 g/mol. The molecule has 0 spiro atoms. The lowest BCUT2D eigenvalue weighted by Crippen LogP contribution is -2.15. The first-order chi connectivity index (χ1) is 9.72. The molecule has 1 atom stereocenters. The zero-order valence-corrected chi connectivity index (χ0v) is 12.2. The first kappa shape index (κ1) is 13.2. The van der Waals surface area contributed by atoms with Crippen molar-refractivity contribution in [3.05, 3.63) is 48.0 Å². The topological polar surface area (TPSA) is 44.5 Å². The van der Waals surface area contributed by atoms with Crippen LogP contribution in [0.4, 0.5) is 5.69 Å². The molecule has 1 aliphatic heterocycles. The van der Waals surface area contributed by atoms with Crippen molar-refractivity contribution in [1.29, 1.82) is 0 Å². The summed E-state index contributed by atoms with van der Waals surface area (Å²) in [5.41, 5.74) is 7.86. The summed E-state index contributed by atoms with van der Waals surface area (Å²) in [4.78, 5) is 1.17. The van der Waals surface area contributed by atoms with Crippen molar-refractivity contribution in [1.82, 2.24) is 0 Å². The number of thioether (sulfide) groups is 1. The fourth-order valence-corrected chi connectivity index (χ4v) is 3.19. The maximum Gasteiger partial charge on any atom is 0.162 e. The van der Waals surface area contributed by atoms with Crippen LogP contribution in [0.15, 0.2) is 47.4 Å². The third kappa shape index (κ3) is 2.85. The summed E-state index contributed by atoms with van der Waals surface area (Å²) in [6, 6.07) is 14.1. The number of benzene rings is 2. The third-order valence-corrected chi connectivity index (χ3v) is 4.36. The molecule has 2 N–H and O–H groups in total. The van der Waals surface area contributed by atoms with Crippen LogP contribution in [0, 0.1) is 0 Å². The monoisotopic (exact) mass is 287 g/mol. The van der Waals surface area contributed by atoms with Crippen molar-refractivity contribution in [3.8, 4) is 11.5 Å². The summed E-state index contributed by atoms with van der Waals surface area (Å²) in [7, 11) is 0. The zero-order valence-electron chi connectivity index (χ0n) is 11.3. The van der Waals surface area contributed by atoms with Crippen LogP contribution in [-0.4, -0.2) is 13.2 Å². The molecule has 0 bridgehead atoms. The van der Waals surface area contributed by atoms with E-state index in [2.05, 4.69) is 19.1 Å². The van der Waals surface area contributed by atoms with Gasteiger partial charge in [0.25, 0.3) is 0 Å². The Kier molecular flexibility index (Phi) is 3.74. The van der Waals surface area contributed by atoms with E-state index >= 15 is 0 Å². The number of ether oxygens (including phenoxy) is 2. The Labute approximate surface area is 123 Å². The summed E-state index contributed by atoms with van der Waals surface area (Å²) in [5.74, 6) is 1.67. The number of nitrogens with two attached hydrogens (primary N) is 1. The molecule has 4 heteroatoms. The molecule has 0 radical (unpaired) electrons. The number of fused-ring (bicyclic) bond motifs is 1. The molecule has 0 aromatic heterocycles. The van der Waals surface area contributed by atoms with E-state index in [0.717, 1.165) is 17.2 Å². The number of anilines is 1. The number of hydrogen-bond donors (Lipinski definition) is 1. The highest BCUT2D eigenvalue weighted by Crippen LogP contribution is 2.40. The predicted octanol–water partition coefficient (Wildman–Crippen LogP) is 3.89. The van der Waals surface area contributed by atoms with Gasteiger partial charge in [-0.15, -0.1) is 11.8 Å². The van der Waals surface area contributed by atoms with Gasteiger partial charge in [-0.25, -0.2) is 0 Å². The molecule has 0 saturated heterocycles. The Morgan fingerprint density at radius 2 is 1.85 bits per heavy atom. The van der Waals surface area contributed by atoms with Gasteiger partial charge in [-0.2, -0.15) is 0 Å². The van der Waals surface area contributed by atoms with Crippen molar-refractivity contribution in [2.45, 2.75) is 17.1 Å². The first-order valence-electron chi connectivity index (χ1n) is 6.64. The van der Waals surface area contributed by atoms with Gasteiger partial charge in [-0.3, -0.25) is 0 Å². The Bertz CT molecular complexity index is 615. The van der Waals surface area contributed by atoms with Gasteiger partial charge in [0.1, 0.15) is 13.2 Å². The van der Waals surface area contributed by atoms with Gasteiger partial charge < -0.3 is 15.2 Å². The molecule has 1 heterocycles. The summed E-state index contributed by atoms with van der Waals surface area (Å²) in [6.07, 6.45) is 0. The van der Waals surface area contributed by atoms with Gasteiger partial charge in [-0.05, 0) is 42.8 Å². The van der Waals surface area contributed by atoms with E-state index in [1.165, 1.54) is 10.5 Å². The first-order valence-corrected chi connectivity index (χ1v) is 7.52. The molecule has 1 unspecified atom stereocenters. The fourth-order valence-electron chi connectivity index (χ4n) is 2.18. The van der Waals surface area contributed by atoms with Crippen molar-refractivity contribution >= 4 is 17.4 Å². The molecule has 1 aliphatic rings. The number of hydrogen-bond acceptors (Lipinski definition) is 4. The minimum absolute atomic E-state index is 0.334. The maximum atomic E-state index is 5.84. The number of rotatable bonds is 3. The Morgan fingerprint density at radius 3 is 2.65 bits per heavy atom. The highest BCUT2D eigenvalue weighted by Gasteiger charge is 2.14. The van der Waals surface area contributed by atoms with Gasteiger partial charge in [0.05, 0.1) is 0 Å². The van der Waals surface area contributed by atoms with Gasteiger partial charge in [0.2, 0.25) is 0 Å². The molecule has 2 aromatic rings. The van der Waals surface area contributed by atoms with Gasteiger partial charge >= 0.3 is 0 Å². The highest BCUT2D eigenvalue weighted by atomic mass is 32.2. The molecule has 0 amide bonds. The largest absolute Gasteiger partial charge is 0.486 e. The summed E-state index contributed by atoms with van der Waals surface area (Å²) >= 11 is 1.79. The third-order valence-electron chi connectivity index (χ3n) is 3.21. The van der Waals surface area contributed by atoms with E-state index in [1.54, 1.807) is 11.8 Å². The Balaban J connectivity index is 1.77. The maximum absolute atomic E-state index is 5.84. The van der Waals surface area contributed by atoms with Crippen LogP contribution < -0.4 is 15.2 Å². The van der Waals surface area contributed by atoms with E-state index in [4.69, 9.17) is 15.2 Å². The Morgan fingerprint density at radius 1 is 1.05 bits per heavy atom. The van der Waals surface area contributed by atoms with Crippen molar-refractivity contribution < 1.29 is 9.47 Å². The highest BCUT2D eigenvalue weighted by molar-refractivity contribution is 7.99. The second kappa shape index (κ2) is 5.67. The van der Waals surface area contributed by atoms with Crippen LogP contribution in [0.5, 0.6) is 11.5 Å². The minimum atomic E-state index is 0.334. The molecule has 20 heavy (non-hydrogen) atoms. The van der Waals surface area contributed by atoms with Crippen LogP contribution in [0.3, 0.4) is 0 Å². The molecule has 0 saturated carbocycles. The van der Waals surface area contributed by atoms with Gasteiger partial charge in [0.15, 0.2) is 11.5 Å². The molecular formula is C16H17NO2S. The minimum Gasteiger partial charge on any atom is -0.486 e. The molecule has 3 rings (SSSR count). The van der Waals surface area contributed by atoms with E-state index in [9.17, 15) is 0 Å². The van der Waals surface area contributed by atoms with Crippen LogP contribution in [0.25, 0.3) is 0 Å². The van der Waals surface area contributed by atoms with Gasteiger partial charge in [0, 0.05) is 15.8 Å². The average Bonchev–Trinajstić information content (AvgIpc) is 2.47. The van der Waals surface area contributed by atoms with E-state index in [-0.39, 0.29) is 0 Å². The fraction of sp³-hybridized carbons (Fsp3) is 0.250. The molecule has 0 aliphatic carbocycles. The molecule has 3 nitrogen and oxygen atoms in total. The summed E-state index contributed by atoms with van der Waals surface area (Å²) < 4.78 is 11.1. The zero-order chi connectivity index (χ0) is 13.9. The van der Waals surface area contributed by atoms with E-state index in [0.29, 0.717) is 18.5 Å². The lowest BCUT2D eigenvalue weighted by atomic mass is 10.1. The molecule has 0 fully saturated rings. The van der Waals surface area contributed by atoms with Gasteiger partial charge in [-0.1, -0.05) is 12.1 Å². The lowest BCUT2D eigenvalue weighted by molar-refractivity contribution is 0.171. The normalized spacial score (nSPS) is 14.8. The number of nitrogen functional groups attached to an aromatic ring is 1. The van der Waals surface area contributed by atoms with Crippen LogP contribution in [0.1, 0.15) is 17.7 Å². The van der Waals surface area contributed by atoms with Crippen molar-refractivity contribution in [3.63, 3.8) is 0 Å². The average molecular weight is 287 g/mol. The van der Waals surface area contributed by atoms with Crippen molar-refractivity contribution in [2.75, 3.05) is 18.9 Å². The summed E-state index contributed by atoms with van der Waals surface area (Å²) in [6.45, 7) is 3.42. The standard InChI is InChI=1S/C16H17NO2S/c1-11(12-3-2-4-13(17)9-12)20-14-5-6-15-16(10-14)19-8-7-18-15/h2-6,9-11H,7-8,17H2,1H3. The predicted molar refractivity (Wildman–Crippen MR) is 82.6 cm³/mol. The van der Waals surface area contributed by atoms with Crippen molar-refractivity contribution in [2.24, 2.45) is 0 Å². The quantitative estimate of drug-likeness (QED) is 0.687. The molecule has 2 aromatic carbocycles. The van der Waals surface area contributed by atoms with E-state index in [1.807, 2.05) is 30.3 Å². The van der Waals surface area contributed by atoms with Crippen LogP contribution >= 0.6 is 11.8 Å². The summed E-state index contributed by atoms with van der Waals surface area (Å²) in [5, 5.41) is 0.334. The second-order valence-electron chi connectivity index (χ2n) is 4.74. The smallest absolute Gasteiger partial charge is 0.162 e. The van der Waals surface area contributed by atoms with E-state index < -0.39 is 0 Å². The Hall–Kier alpha value is -1.81. The second-order valence-corrected chi connectivity index (χ2v) is 6.15. The molecule has 104 valence electrons. The van der Waals surface area contributed by atoms with Crippen LogP contribution in [-0.2, 0) is 0 Å².